The Morgan fingerprint density at radius 1 is 0.0800 bits per heavy atom. The number of rotatable bonds is 0. The molecule has 0 unspecified atom stereocenters. The van der Waals surface area contributed by atoms with Crippen molar-refractivity contribution in [1.82, 2.24) is 0 Å². The van der Waals surface area contributed by atoms with E-state index in [-0.39, 0.29) is 253 Å². The zero-order valence-electron chi connectivity index (χ0n) is 9.66. The van der Waals surface area contributed by atoms with E-state index in [9.17, 15) is 0 Å². The Labute approximate surface area is 250 Å². The molecule has 0 atom stereocenters. The Kier molecular flexibility index (Phi) is 47300. The van der Waals surface area contributed by atoms with E-state index < -0.39 is 0 Å². The summed E-state index contributed by atoms with van der Waals surface area (Å²) in [5.41, 5.74) is 0. The van der Waals surface area contributed by atoms with Gasteiger partial charge in [-0.1, -0.05) is 0 Å². The van der Waals surface area contributed by atoms with Crippen LogP contribution in [0, 0.1) is 0 Å². The van der Waals surface area contributed by atoms with Crippen molar-refractivity contribution in [3.8, 4) is 0 Å². The van der Waals surface area contributed by atoms with Gasteiger partial charge < -0.3 is 82.1 Å². The second kappa shape index (κ2) is 1030. The Balaban J connectivity index is 0. The molecule has 0 heterocycles. The zero-order chi connectivity index (χ0) is 0. The molecule has 0 aliphatic heterocycles. The summed E-state index contributed by atoms with van der Waals surface area (Å²) in [4.78, 5) is 0. The largest absolute Gasteiger partial charge is 3.00 e. The quantitative estimate of drug-likeness (QED) is 0.245. The second-order valence-corrected chi connectivity index (χ2v) is 0. The van der Waals surface area contributed by atoms with Gasteiger partial charge in [-0.05, 0) is 0 Å². The summed E-state index contributed by atoms with van der Waals surface area (Å²) in [5, 5.41) is 0. The molecule has 0 bridgehead atoms. The van der Waals surface area contributed by atoms with Gasteiger partial charge in [-0.15, -0.1) is 0 Å². The Morgan fingerprint density at radius 3 is 0.0800 bits per heavy atom. The van der Waals surface area contributed by atoms with Crippen molar-refractivity contribution in [2.75, 3.05) is 0 Å². The van der Waals surface area contributed by atoms with Gasteiger partial charge >= 0.3 is 171 Å². The van der Waals surface area contributed by atoms with Crippen molar-refractivity contribution >= 4 is 0 Å². The third-order valence-corrected chi connectivity index (χ3v) is 0. The molecule has 0 aliphatic carbocycles. The van der Waals surface area contributed by atoms with Crippen LogP contribution in [0.4, 0.5) is 0 Å². The molecule has 15 nitrogen and oxygen atoms in total. The molecule has 0 aromatic heterocycles. The average molecular weight is 798 g/mol. The molecule has 0 fully saturated rings. The van der Waals surface area contributed by atoms with Crippen molar-refractivity contribution in [3.63, 3.8) is 0 Å². The summed E-state index contributed by atoms with van der Waals surface area (Å²) in [7, 11) is 0. The van der Waals surface area contributed by atoms with E-state index in [1.165, 1.54) is 0 Å². The molecule has 0 amide bonds. The summed E-state index contributed by atoms with van der Waals surface area (Å²) in [6.07, 6.45) is 0. The molecule has 25 heteroatoms. The van der Waals surface area contributed by atoms with E-state index in [1.54, 1.807) is 0 Å². The normalized spacial score (nSPS) is 0. The van der Waals surface area contributed by atoms with Gasteiger partial charge in [0.05, 0.1) is 0 Å². The Bertz CT molecular complexity index is 24.3. The smallest absolute Gasteiger partial charge is 2.00 e. The summed E-state index contributed by atoms with van der Waals surface area (Å²) in [6, 6.07) is 0. The molecule has 0 aromatic carbocycles. The van der Waals surface area contributed by atoms with E-state index in [2.05, 4.69) is 0 Å². The fourth-order valence-electron chi connectivity index (χ4n) is 0. The first kappa shape index (κ1) is 1150. The van der Waals surface area contributed by atoms with Crippen molar-refractivity contribution in [2.45, 2.75) is 0 Å². The standard InChI is InChI=1S/10Fe.15O/q10*+3;15*-2. The van der Waals surface area contributed by atoms with Gasteiger partial charge in [0.25, 0.3) is 0 Å². The van der Waals surface area contributed by atoms with Crippen LogP contribution < -0.4 is 0 Å². The molecule has 0 N–H and O–H groups in total. The van der Waals surface area contributed by atoms with Crippen LogP contribution in [-0.4, -0.2) is 0 Å². The molecule has 0 rings (SSSR count). The van der Waals surface area contributed by atoms with Crippen LogP contribution in [0.1, 0.15) is 0 Å². The SMILES string of the molecule is [Fe+3].[Fe+3].[Fe+3].[Fe+3].[Fe+3].[Fe+3].[Fe+3].[Fe+3].[Fe+3].[Fe+3].[O-2].[O-2].[O-2].[O-2].[O-2].[O-2].[O-2].[O-2].[O-2].[O-2].[O-2].[O-2].[O-2].[O-2].[O-2]. The van der Waals surface area contributed by atoms with Gasteiger partial charge in [0.1, 0.15) is 0 Å². The molecule has 25 heavy (non-hydrogen) atoms. The van der Waals surface area contributed by atoms with Gasteiger partial charge in [-0.3, -0.25) is 0 Å². The van der Waals surface area contributed by atoms with Crippen LogP contribution in [0.25, 0.3) is 0 Å². The first-order valence-corrected chi connectivity index (χ1v) is 0. The van der Waals surface area contributed by atoms with E-state index in [0.717, 1.165) is 0 Å². The van der Waals surface area contributed by atoms with Crippen LogP contribution in [0.3, 0.4) is 0 Å². The first-order chi connectivity index (χ1) is 0. The van der Waals surface area contributed by atoms with Crippen LogP contribution >= 0.6 is 0 Å². The van der Waals surface area contributed by atoms with Crippen LogP contribution in [0.5, 0.6) is 0 Å². The minimum absolute atomic E-state index is 0. The summed E-state index contributed by atoms with van der Waals surface area (Å²) in [5.74, 6) is 0. The van der Waals surface area contributed by atoms with Crippen molar-refractivity contribution in [3.05, 3.63) is 0 Å². The fourth-order valence-corrected chi connectivity index (χ4v) is 0. The molecule has 10 radical (unpaired) electrons. The van der Waals surface area contributed by atoms with Gasteiger partial charge in [-0.2, -0.15) is 0 Å². The van der Waals surface area contributed by atoms with Crippen molar-refractivity contribution in [2.24, 2.45) is 0 Å². The third kappa shape index (κ3) is 958. The maximum Gasteiger partial charge on any atom is 3.00 e. The van der Waals surface area contributed by atoms with Gasteiger partial charge in [-0.25, -0.2) is 0 Å². The van der Waals surface area contributed by atoms with E-state index in [4.69, 9.17) is 0 Å². The van der Waals surface area contributed by atoms with Gasteiger partial charge in [0.2, 0.25) is 0 Å². The molecule has 170 valence electrons. The predicted octanol–water partition coefficient (Wildman–Crippen LogP) is -1.81. The van der Waals surface area contributed by atoms with Crippen LogP contribution in [0.2, 0.25) is 0 Å². The molecule has 0 saturated heterocycles. The molecule has 0 saturated carbocycles. The number of hydrogen-bond acceptors (Lipinski definition) is 0. The van der Waals surface area contributed by atoms with Gasteiger partial charge in [0, 0.05) is 0 Å². The van der Waals surface area contributed by atoms with Gasteiger partial charge in [0.15, 0.2) is 0 Å². The minimum Gasteiger partial charge on any atom is -2.00 e. The van der Waals surface area contributed by atoms with Crippen LogP contribution in [-0.2, 0) is 253 Å². The molecule has 0 spiro atoms. The average Bonchev–Trinajstić information content (AvgIpc) is 0. The van der Waals surface area contributed by atoms with Crippen molar-refractivity contribution in [1.29, 1.82) is 0 Å². The predicted molar refractivity (Wildman–Crippen MR) is 10.3 cm³/mol. The maximum atomic E-state index is 0. The minimum atomic E-state index is 0. The monoisotopic (exact) mass is 799 g/mol. The Morgan fingerprint density at radius 2 is 0.0800 bits per heavy atom. The number of hydrogen-bond donors (Lipinski definition) is 0. The molecular formula is Fe10O15. The summed E-state index contributed by atoms with van der Waals surface area (Å²) in [6.45, 7) is 0. The maximum absolute atomic E-state index is 0. The topological polar surface area (TPSA) is 428 Å². The fraction of sp³-hybridized carbons (Fsp3) is 0. The third-order valence-electron chi connectivity index (χ3n) is 0. The summed E-state index contributed by atoms with van der Waals surface area (Å²) >= 11 is 0. The second-order valence-electron chi connectivity index (χ2n) is 0. The van der Waals surface area contributed by atoms with Crippen molar-refractivity contribution < 1.29 is 253 Å². The summed E-state index contributed by atoms with van der Waals surface area (Å²) < 4.78 is 0. The van der Waals surface area contributed by atoms with E-state index in [1.807, 2.05) is 0 Å². The van der Waals surface area contributed by atoms with E-state index >= 15 is 0 Å². The van der Waals surface area contributed by atoms with E-state index in [0.29, 0.717) is 0 Å². The Hall–Kier alpha value is 4.59. The zero-order valence-corrected chi connectivity index (χ0v) is 20.7. The first-order valence-electron chi connectivity index (χ1n) is 0. The molecule has 0 aromatic rings. The molecule has 0 aliphatic rings. The van der Waals surface area contributed by atoms with Crippen LogP contribution in [0.15, 0.2) is 0 Å². The molecular weight excluding hydrogens is 798 g/mol.